The number of carbonyl (C=O) groups is 1. The minimum atomic E-state index is -0.739. The van der Waals surface area contributed by atoms with Gasteiger partial charge in [0, 0.05) is 24.2 Å². The Morgan fingerprint density at radius 3 is 2.70 bits per heavy atom. The molecule has 0 saturated heterocycles. The van der Waals surface area contributed by atoms with E-state index < -0.39 is 16.9 Å². The normalized spacial score (nSPS) is 11.9. The number of nitrogens with two attached hydrogens (primary N) is 1. The lowest BCUT2D eigenvalue weighted by Crippen LogP contribution is -2.33. The predicted molar refractivity (Wildman–Crippen MR) is 74.4 cm³/mol. The maximum absolute atomic E-state index is 11.2. The van der Waals surface area contributed by atoms with Gasteiger partial charge in [0.05, 0.1) is 4.92 Å². The van der Waals surface area contributed by atoms with E-state index >= 15 is 0 Å². The largest absolute Gasteiger partial charge is 0.480 e. The van der Waals surface area contributed by atoms with Crippen LogP contribution in [0.3, 0.4) is 0 Å². The van der Waals surface area contributed by atoms with Crippen molar-refractivity contribution in [1.29, 1.82) is 0 Å². The molecular weight excluding hydrogens is 262 g/mol. The Labute approximate surface area is 117 Å². The number of non-ortho nitro benzene ring substituents is 1. The summed E-state index contributed by atoms with van der Waals surface area (Å²) in [5.41, 5.74) is 5.84. The molecule has 0 spiro atoms. The van der Waals surface area contributed by atoms with Crippen molar-refractivity contribution in [3.05, 3.63) is 33.9 Å². The molecule has 1 unspecified atom stereocenters. The summed E-state index contributed by atoms with van der Waals surface area (Å²) in [6, 6.07) is 4.28. The van der Waals surface area contributed by atoms with Gasteiger partial charge in [0.1, 0.15) is 5.75 Å². The van der Waals surface area contributed by atoms with Crippen LogP contribution in [0.25, 0.3) is 0 Å². The molecule has 1 amide bonds. The standard InChI is InChI=1S/C13H19N3O4/c1-3-11(13(14)17)20-12-6-5-10(16(18)19)7-9(12)8-15-4-2/h5-7,11,15H,3-4,8H2,1-2H3,(H2,14,17). The average molecular weight is 281 g/mol. The topological polar surface area (TPSA) is 107 Å². The van der Waals surface area contributed by atoms with Crippen LogP contribution in [0.5, 0.6) is 5.75 Å². The Hall–Kier alpha value is -2.15. The number of hydrogen-bond acceptors (Lipinski definition) is 5. The minimum Gasteiger partial charge on any atom is -0.480 e. The second-order valence-electron chi connectivity index (χ2n) is 4.25. The second-order valence-corrected chi connectivity index (χ2v) is 4.25. The number of nitro groups is 1. The number of nitrogens with zero attached hydrogens (tertiary/aromatic N) is 1. The molecule has 110 valence electrons. The average Bonchev–Trinajstić information content (AvgIpc) is 2.42. The highest BCUT2D eigenvalue weighted by atomic mass is 16.6. The Kier molecular flexibility index (Phi) is 5.92. The lowest BCUT2D eigenvalue weighted by atomic mass is 10.1. The molecular formula is C13H19N3O4. The lowest BCUT2D eigenvalue weighted by Gasteiger charge is -2.17. The molecule has 0 aliphatic heterocycles. The predicted octanol–water partition coefficient (Wildman–Crippen LogP) is 1.35. The number of nitrogens with one attached hydrogen (secondary N) is 1. The third-order valence-corrected chi connectivity index (χ3v) is 2.78. The van der Waals surface area contributed by atoms with Gasteiger partial charge in [-0.25, -0.2) is 0 Å². The molecule has 0 aliphatic rings. The molecule has 0 aromatic heterocycles. The smallest absolute Gasteiger partial charge is 0.270 e. The zero-order chi connectivity index (χ0) is 15.1. The fraction of sp³-hybridized carbons (Fsp3) is 0.462. The molecule has 0 bridgehead atoms. The zero-order valence-corrected chi connectivity index (χ0v) is 11.6. The maximum atomic E-state index is 11.2. The van der Waals surface area contributed by atoms with E-state index in [0.717, 1.165) is 6.54 Å². The molecule has 1 atom stereocenters. The summed E-state index contributed by atoms with van der Waals surface area (Å²) in [7, 11) is 0. The number of rotatable bonds is 8. The minimum absolute atomic E-state index is 0.0163. The van der Waals surface area contributed by atoms with Gasteiger partial charge >= 0.3 is 0 Å². The van der Waals surface area contributed by atoms with Gasteiger partial charge in [0.25, 0.3) is 11.6 Å². The van der Waals surface area contributed by atoms with Gasteiger partial charge < -0.3 is 15.8 Å². The van der Waals surface area contributed by atoms with Crippen LogP contribution in [0.2, 0.25) is 0 Å². The molecule has 1 aromatic rings. The zero-order valence-electron chi connectivity index (χ0n) is 11.6. The lowest BCUT2D eigenvalue weighted by molar-refractivity contribution is -0.384. The van der Waals surface area contributed by atoms with Crippen molar-refractivity contribution in [2.45, 2.75) is 32.9 Å². The van der Waals surface area contributed by atoms with Crippen LogP contribution in [-0.4, -0.2) is 23.5 Å². The first-order valence-corrected chi connectivity index (χ1v) is 6.43. The highest BCUT2D eigenvalue weighted by molar-refractivity contribution is 5.79. The van der Waals surface area contributed by atoms with Gasteiger partial charge in [0.2, 0.25) is 0 Å². The van der Waals surface area contributed by atoms with Gasteiger partial charge in [-0.3, -0.25) is 14.9 Å². The van der Waals surface area contributed by atoms with E-state index in [-0.39, 0.29) is 5.69 Å². The van der Waals surface area contributed by atoms with Crippen LogP contribution < -0.4 is 15.8 Å². The van der Waals surface area contributed by atoms with Crippen LogP contribution in [0.1, 0.15) is 25.8 Å². The van der Waals surface area contributed by atoms with Crippen molar-refractivity contribution in [3.8, 4) is 5.75 Å². The van der Waals surface area contributed by atoms with E-state index in [0.29, 0.717) is 24.3 Å². The first-order valence-electron chi connectivity index (χ1n) is 6.43. The molecule has 0 radical (unpaired) electrons. The van der Waals surface area contributed by atoms with Crippen molar-refractivity contribution in [2.75, 3.05) is 6.54 Å². The van der Waals surface area contributed by atoms with Gasteiger partial charge in [-0.2, -0.15) is 0 Å². The van der Waals surface area contributed by atoms with E-state index in [2.05, 4.69) is 5.32 Å². The Bertz CT molecular complexity index is 491. The van der Waals surface area contributed by atoms with Crippen molar-refractivity contribution in [1.82, 2.24) is 5.32 Å². The highest BCUT2D eigenvalue weighted by Gasteiger charge is 2.18. The monoisotopic (exact) mass is 281 g/mol. The van der Waals surface area contributed by atoms with Crippen molar-refractivity contribution >= 4 is 11.6 Å². The number of ether oxygens (including phenoxy) is 1. The molecule has 20 heavy (non-hydrogen) atoms. The third-order valence-electron chi connectivity index (χ3n) is 2.78. The van der Waals surface area contributed by atoms with Crippen molar-refractivity contribution < 1.29 is 14.5 Å². The van der Waals surface area contributed by atoms with Gasteiger partial charge in [-0.1, -0.05) is 13.8 Å². The van der Waals surface area contributed by atoms with E-state index in [1.165, 1.54) is 18.2 Å². The number of primary amides is 1. The fourth-order valence-electron chi connectivity index (χ4n) is 1.69. The van der Waals surface area contributed by atoms with Crippen LogP contribution in [-0.2, 0) is 11.3 Å². The summed E-state index contributed by atoms with van der Waals surface area (Å²) < 4.78 is 5.55. The number of benzene rings is 1. The van der Waals surface area contributed by atoms with Crippen molar-refractivity contribution in [2.24, 2.45) is 5.73 Å². The maximum Gasteiger partial charge on any atom is 0.270 e. The Balaban J connectivity index is 3.03. The summed E-state index contributed by atoms with van der Waals surface area (Å²) in [5, 5.41) is 13.9. The molecule has 1 rings (SSSR count). The first kappa shape index (κ1) is 15.9. The van der Waals surface area contributed by atoms with Crippen molar-refractivity contribution in [3.63, 3.8) is 0 Å². The molecule has 0 heterocycles. The summed E-state index contributed by atoms with van der Waals surface area (Å²) in [6.45, 7) is 4.85. The van der Waals surface area contributed by atoms with Gasteiger partial charge in [0.15, 0.2) is 6.10 Å². The highest BCUT2D eigenvalue weighted by Crippen LogP contribution is 2.25. The number of carbonyl (C=O) groups excluding carboxylic acids is 1. The fourth-order valence-corrected chi connectivity index (χ4v) is 1.69. The number of hydrogen-bond donors (Lipinski definition) is 2. The number of amides is 1. The van der Waals surface area contributed by atoms with Crippen LogP contribution >= 0.6 is 0 Å². The molecule has 3 N–H and O–H groups in total. The van der Waals surface area contributed by atoms with E-state index in [9.17, 15) is 14.9 Å². The summed E-state index contributed by atoms with van der Waals surface area (Å²) in [5.74, 6) is -0.123. The molecule has 0 fully saturated rings. The van der Waals surface area contributed by atoms with E-state index in [4.69, 9.17) is 10.5 Å². The quantitative estimate of drug-likeness (QED) is 0.552. The summed E-state index contributed by atoms with van der Waals surface area (Å²) in [4.78, 5) is 21.5. The molecule has 0 aliphatic carbocycles. The third kappa shape index (κ3) is 4.20. The molecule has 7 nitrogen and oxygen atoms in total. The van der Waals surface area contributed by atoms with E-state index in [1.54, 1.807) is 6.92 Å². The van der Waals surface area contributed by atoms with Crippen LogP contribution in [0.15, 0.2) is 18.2 Å². The van der Waals surface area contributed by atoms with Crippen LogP contribution in [0, 0.1) is 10.1 Å². The van der Waals surface area contributed by atoms with Gasteiger partial charge in [-0.15, -0.1) is 0 Å². The summed E-state index contributed by atoms with van der Waals surface area (Å²) >= 11 is 0. The number of nitro benzene ring substituents is 1. The SMILES string of the molecule is CCNCc1cc([N+](=O)[O-])ccc1OC(CC)C(N)=O. The molecule has 7 heteroatoms. The molecule has 0 saturated carbocycles. The van der Waals surface area contributed by atoms with Crippen LogP contribution in [0.4, 0.5) is 5.69 Å². The summed E-state index contributed by atoms with van der Waals surface area (Å²) in [6.07, 6.45) is -0.302. The van der Waals surface area contributed by atoms with E-state index in [1.807, 2.05) is 6.92 Å². The first-order chi connectivity index (χ1) is 9.49. The Morgan fingerprint density at radius 2 is 2.20 bits per heavy atom. The molecule has 1 aromatic carbocycles. The second kappa shape index (κ2) is 7.44. The Morgan fingerprint density at radius 1 is 1.50 bits per heavy atom. The van der Waals surface area contributed by atoms with Gasteiger partial charge in [-0.05, 0) is 19.0 Å².